The quantitative estimate of drug-likeness (QED) is 0.323. The standard InChI is InChI=1S/C20H23N5O5/c1-2-30-20(29)25-16(18(27)28)10-12-6-8-14(9-7-12)23-17(26)13-4-3-5-15(11-13)24-19(21)22/h3-9,11,16H,2,10H2,1H3,(H,23,26)(H,25,29)(H,27,28)(H4,21,22,24)/t16-/m0/s1. The first-order chi connectivity index (χ1) is 14.3. The summed E-state index contributed by atoms with van der Waals surface area (Å²) in [5.74, 6) is -1.65. The number of aliphatic imine (C=N–C) groups is 1. The number of benzene rings is 2. The summed E-state index contributed by atoms with van der Waals surface area (Å²) in [6.45, 7) is 1.76. The Hall–Kier alpha value is -4.08. The van der Waals surface area contributed by atoms with Gasteiger partial charge in [-0.25, -0.2) is 14.6 Å². The Balaban J connectivity index is 2.03. The van der Waals surface area contributed by atoms with E-state index in [0.29, 0.717) is 22.5 Å². The molecule has 10 heteroatoms. The Labute approximate surface area is 172 Å². The highest BCUT2D eigenvalue weighted by Gasteiger charge is 2.21. The summed E-state index contributed by atoms with van der Waals surface area (Å²) in [6.07, 6.45) is -0.736. The molecule has 2 rings (SSSR count). The summed E-state index contributed by atoms with van der Waals surface area (Å²) in [5.41, 5.74) is 12.7. The van der Waals surface area contributed by atoms with Crippen LogP contribution in [0.5, 0.6) is 0 Å². The average molecular weight is 413 g/mol. The topological polar surface area (TPSA) is 169 Å². The van der Waals surface area contributed by atoms with Gasteiger partial charge in [-0.3, -0.25) is 4.79 Å². The number of carboxylic acid groups (broad SMARTS) is 1. The lowest BCUT2D eigenvalue weighted by Gasteiger charge is -2.14. The Bertz CT molecular complexity index is 939. The molecule has 0 aromatic heterocycles. The number of guanidine groups is 1. The minimum Gasteiger partial charge on any atom is -0.480 e. The summed E-state index contributed by atoms with van der Waals surface area (Å²) >= 11 is 0. The summed E-state index contributed by atoms with van der Waals surface area (Å²) in [7, 11) is 0. The van der Waals surface area contributed by atoms with Gasteiger partial charge in [-0.2, -0.15) is 0 Å². The van der Waals surface area contributed by atoms with Gasteiger partial charge >= 0.3 is 12.1 Å². The normalized spacial score (nSPS) is 11.1. The third-order valence-electron chi connectivity index (χ3n) is 3.88. The van der Waals surface area contributed by atoms with Gasteiger partial charge in [0.25, 0.3) is 5.91 Å². The van der Waals surface area contributed by atoms with Crippen molar-refractivity contribution < 1.29 is 24.2 Å². The van der Waals surface area contributed by atoms with Crippen molar-refractivity contribution in [1.29, 1.82) is 0 Å². The Morgan fingerprint density at radius 1 is 1.13 bits per heavy atom. The van der Waals surface area contributed by atoms with Crippen LogP contribution in [-0.4, -0.2) is 41.7 Å². The molecule has 0 spiro atoms. The molecule has 0 aliphatic heterocycles. The smallest absolute Gasteiger partial charge is 0.407 e. The zero-order valence-corrected chi connectivity index (χ0v) is 16.3. The van der Waals surface area contributed by atoms with E-state index in [1.807, 2.05) is 0 Å². The third-order valence-corrected chi connectivity index (χ3v) is 3.88. The van der Waals surface area contributed by atoms with E-state index in [2.05, 4.69) is 15.6 Å². The molecule has 0 aliphatic rings. The number of alkyl carbamates (subject to hydrolysis) is 1. The number of carbonyl (C=O) groups excluding carboxylic acids is 2. The Morgan fingerprint density at radius 3 is 2.43 bits per heavy atom. The van der Waals surface area contributed by atoms with Crippen LogP contribution in [0.2, 0.25) is 0 Å². The first-order valence-electron chi connectivity index (χ1n) is 9.04. The number of nitrogens with zero attached hydrogens (tertiary/aromatic N) is 1. The second-order valence-electron chi connectivity index (χ2n) is 6.20. The van der Waals surface area contributed by atoms with E-state index in [1.54, 1.807) is 55.5 Å². The van der Waals surface area contributed by atoms with E-state index in [1.165, 1.54) is 0 Å². The van der Waals surface area contributed by atoms with Gasteiger partial charge in [0.1, 0.15) is 6.04 Å². The maximum atomic E-state index is 12.4. The zero-order chi connectivity index (χ0) is 22.1. The van der Waals surface area contributed by atoms with Gasteiger partial charge in [0, 0.05) is 17.7 Å². The van der Waals surface area contributed by atoms with Crippen LogP contribution in [0.4, 0.5) is 16.2 Å². The van der Waals surface area contributed by atoms with Crippen LogP contribution >= 0.6 is 0 Å². The number of hydrogen-bond acceptors (Lipinski definition) is 5. The molecular formula is C20H23N5O5. The van der Waals surface area contributed by atoms with Crippen molar-refractivity contribution in [3.63, 3.8) is 0 Å². The van der Waals surface area contributed by atoms with Gasteiger partial charge in [0.15, 0.2) is 5.96 Å². The van der Waals surface area contributed by atoms with Crippen LogP contribution < -0.4 is 22.1 Å². The van der Waals surface area contributed by atoms with E-state index in [4.69, 9.17) is 16.2 Å². The molecule has 0 fully saturated rings. The van der Waals surface area contributed by atoms with Gasteiger partial charge in [-0.15, -0.1) is 0 Å². The van der Waals surface area contributed by atoms with E-state index in [-0.39, 0.29) is 24.9 Å². The van der Waals surface area contributed by atoms with Crippen LogP contribution in [0.25, 0.3) is 0 Å². The fourth-order valence-corrected chi connectivity index (χ4v) is 2.54. The van der Waals surface area contributed by atoms with Crippen molar-refractivity contribution in [2.45, 2.75) is 19.4 Å². The lowest BCUT2D eigenvalue weighted by Crippen LogP contribution is -2.42. The van der Waals surface area contributed by atoms with E-state index in [0.717, 1.165) is 0 Å². The number of aliphatic carboxylic acids is 1. The minimum absolute atomic E-state index is 0.0585. The van der Waals surface area contributed by atoms with Crippen molar-refractivity contribution >= 4 is 35.3 Å². The lowest BCUT2D eigenvalue weighted by molar-refractivity contribution is -0.139. The molecule has 2 aromatic carbocycles. The number of ether oxygens (including phenoxy) is 1. The highest BCUT2D eigenvalue weighted by atomic mass is 16.5. The molecule has 10 nitrogen and oxygen atoms in total. The van der Waals surface area contributed by atoms with Gasteiger partial charge < -0.3 is 31.9 Å². The monoisotopic (exact) mass is 413 g/mol. The average Bonchev–Trinajstić information content (AvgIpc) is 2.68. The summed E-state index contributed by atoms with van der Waals surface area (Å²) in [6, 6.07) is 11.9. The zero-order valence-electron chi connectivity index (χ0n) is 16.3. The molecule has 158 valence electrons. The van der Waals surface area contributed by atoms with Crippen molar-refractivity contribution in [1.82, 2.24) is 5.32 Å². The number of carboxylic acids is 1. The minimum atomic E-state index is -1.18. The summed E-state index contributed by atoms with van der Waals surface area (Å²) < 4.78 is 4.71. The predicted octanol–water partition coefficient (Wildman–Crippen LogP) is 1.59. The van der Waals surface area contributed by atoms with Crippen LogP contribution in [0, 0.1) is 0 Å². The van der Waals surface area contributed by atoms with Crippen LogP contribution in [0.3, 0.4) is 0 Å². The molecule has 2 aromatic rings. The lowest BCUT2D eigenvalue weighted by atomic mass is 10.1. The number of amides is 2. The van der Waals surface area contributed by atoms with E-state index >= 15 is 0 Å². The van der Waals surface area contributed by atoms with Crippen LogP contribution in [0.15, 0.2) is 53.5 Å². The molecule has 0 bridgehead atoms. The van der Waals surface area contributed by atoms with Gasteiger partial charge in [0.2, 0.25) is 0 Å². The number of anilines is 1. The molecule has 30 heavy (non-hydrogen) atoms. The van der Waals surface area contributed by atoms with Crippen molar-refractivity contribution in [2.75, 3.05) is 11.9 Å². The number of rotatable bonds is 8. The largest absolute Gasteiger partial charge is 0.480 e. The van der Waals surface area contributed by atoms with Crippen molar-refractivity contribution in [3.05, 3.63) is 59.7 Å². The molecule has 0 heterocycles. The fourth-order valence-electron chi connectivity index (χ4n) is 2.54. The molecule has 0 radical (unpaired) electrons. The number of carbonyl (C=O) groups is 3. The number of nitrogens with two attached hydrogens (primary N) is 2. The number of nitrogens with one attached hydrogen (secondary N) is 2. The van der Waals surface area contributed by atoms with E-state index < -0.39 is 18.1 Å². The first kappa shape index (κ1) is 22.2. The molecular weight excluding hydrogens is 390 g/mol. The molecule has 7 N–H and O–H groups in total. The van der Waals surface area contributed by atoms with Gasteiger partial charge in [-0.1, -0.05) is 18.2 Å². The van der Waals surface area contributed by atoms with Crippen molar-refractivity contribution in [3.8, 4) is 0 Å². The highest BCUT2D eigenvalue weighted by molar-refractivity contribution is 6.04. The summed E-state index contributed by atoms with van der Waals surface area (Å²) in [5, 5.41) is 14.3. The maximum absolute atomic E-state index is 12.4. The molecule has 2 amide bonds. The van der Waals surface area contributed by atoms with E-state index in [9.17, 15) is 19.5 Å². The molecule has 0 saturated carbocycles. The number of hydrogen-bond donors (Lipinski definition) is 5. The maximum Gasteiger partial charge on any atom is 0.407 e. The van der Waals surface area contributed by atoms with Gasteiger partial charge in [-0.05, 0) is 42.8 Å². The second kappa shape index (κ2) is 10.5. The first-order valence-corrected chi connectivity index (χ1v) is 9.04. The predicted molar refractivity (Wildman–Crippen MR) is 112 cm³/mol. The molecule has 0 unspecified atom stereocenters. The molecule has 0 saturated heterocycles. The highest BCUT2D eigenvalue weighted by Crippen LogP contribution is 2.17. The Morgan fingerprint density at radius 2 is 1.83 bits per heavy atom. The fraction of sp³-hybridized carbons (Fsp3) is 0.200. The second-order valence-corrected chi connectivity index (χ2v) is 6.20. The van der Waals surface area contributed by atoms with Crippen LogP contribution in [0.1, 0.15) is 22.8 Å². The molecule has 0 aliphatic carbocycles. The molecule has 1 atom stereocenters. The summed E-state index contributed by atoms with van der Waals surface area (Å²) in [4.78, 5) is 39.2. The van der Waals surface area contributed by atoms with Crippen molar-refractivity contribution in [2.24, 2.45) is 16.5 Å². The van der Waals surface area contributed by atoms with Gasteiger partial charge in [0.05, 0.1) is 12.3 Å². The third kappa shape index (κ3) is 6.82. The Kier molecular flexibility index (Phi) is 7.74. The SMILES string of the molecule is CCOC(=O)N[C@@H](Cc1ccc(NC(=O)c2cccc(N=C(N)N)c2)cc1)C(=O)O. The van der Waals surface area contributed by atoms with Crippen LogP contribution in [-0.2, 0) is 16.0 Å².